The molecule has 9 nitrogen and oxygen atoms in total. The molecule has 0 spiro atoms. The molecular formula is C28H36N6O3S2Si. The molecule has 2 N–H and O–H groups in total. The van der Waals surface area contributed by atoms with Crippen molar-refractivity contribution in [2.75, 3.05) is 5.32 Å². The maximum atomic E-state index is 13.0. The molecule has 1 unspecified atom stereocenters. The quantitative estimate of drug-likeness (QED) is 0.236. The number of anilines is 1. The molecule has 0 bridgehead atoms. The summed E-state index contributed by atoms with van der Waals surface area (Å²) in [5.41, 5.74) is 0.512. The lowest BCUT2D eigenvalue weighted by Crippen LogP contribution is -2.41. The zero-order valence-electron chi connectivity index (χ0n) is 24.4. The number of carbonyl (C=O) groups excluding carboxylic acids is 1. The van der Waals surface area contributed by atoms with E-state index in [2.05, 4.69) is 66.0 Å². The molecular weight excluding hydrogens is 561 g/mol. The van der Waals surface area contributed by atoms with Crippen molar-refractivity contribution in [1.29, 1.82) is 0 Å². The van der Waals surface area contributed by atoms with Crippen molar-refractivity contribution in [1.82, 2.24) is 19.9 Å². The fourth-order valence-electron chi connectivity index (χ4n) is 3.45. The molecule has 3 heterocycles. The highest BCUT2D eigenvalue weighted by Crippen LogP contribution is 2.42. The first kappa shape index (κ1) is 29.9. The molecule has 0 aliphatic heterocycles. The van der Waals surface area contributed by atoms with Crippen LogP contribution in [0.25, 0.3) is 21.7 Å². The molecule has 212 valence electrons. The highest BCUT2D eigenvalue weighted by molar-refractivity contribution is 7.29. The second-order valence-electron chi connectivity index (χ2n) is 12.2. The molecule has 40 heavy (non-hydrogen) atoms. The van der Waals surface area contributed by atoms with E-state index in [4.69, 9.17) is 9.42 Å². The van der Waals surface area contributed by atoms with E-state index in [0.717, 1.165) is 19.4 Å². The average Bonchev–Trinajstić information content (AvgIpc) is 3.27. The number of hydrogen-bond donors (Lipinski definition) is 2. The van der Waals surface area contributed by atoms with Gasteiger partial charge in [-0.2, -0.15) is 4.98 Å². The van der Waals surface area contributed by atoms with Gasteiger partial charge in [0.1, 0.15) is 5.69 Å². The molecule has 0 aliphatic rings. The smallest absolute Gasteiger partial charge is 0.280 e. The van der Waals surface area contributed by atoms with Crippen molar-refractivity contribution in [3.05, 3.63) is 55.7 Å². The summed E-state index contributed by atoms with van der Waals surface area (Å²) in [5, 5.41) is 2.69. The molecule has 1 aromatic carbocycles. The number of rotatable bonds is 6. The number of nitrogens with one attached hydrogen (secondary N) is 2. The van der Waals surface area contributed by atoms with Crippen molar-refractivity contribution >= 4 is 59.7 Å². The van der Waals surface area contributed by atoms with Gasteiger partial charge in [-0.25, -0.2) is 15.0 Å². The molecule has 4 rings (SSSR count). The third kappa shape index (κ3) is 6.62. The van der Waals surface area contributed by atoms with Gasteiger partial charge in [0.25, 0.3) is 5.56 Å². The summed E-state index contributed by atoms with van der Waals surface area (Å²) in [6.45, 7) is 18.5. The molecule has 3 aromatic heterocycles. The van der Waals surface area contributed by atoms with Crippen molar-refractivity contribution < 1.29 is 9.22 Å². The summed E-state index contributed by atoms with van der Waals surface area (Å²) in [4.78, 5) is 48.1. The Labute approximate surface area is 243 Å². The topological polar surface area (TPSA) is 122 Å². The van der Waals surface area contributed by atoms with Crippen LogP contribution in [0.4, 0.5) is 11.6 Å². The van der Waals surface area contributed by atoms with Gasteiger partial charge in [-0.3, -0.25) is 19.9 Å². The summed E-state index contributed by atoms with van der Waals surface area (Å²) in [6, 6.07) is 9.78. The first-order valence-corrected chi connectivity index (χ1v) is 17.6. The van der Waals surface area contributed by atoms with Gasteiger partial charge in [0.2, 0.25) is 11.9 Å². The van der Waals surface area contributed by atoms with E-state index in [1.807, 2.05) is 30.3 Å². The summed E-state index contributed by atoms with van der Waals surface area (Å²) < 4.78 is 7.59. The highest BCUT2D eigenvalue weighted by atomic mass is 32.2. The number of fused-ring (bicyclic) bond motifs is 1. The van der Waals surface area contributed by atoms with Gasteiger partial charge in [0.15, 0.2) is 23.5 Å². The van der Waals surface area contributed by atoms with E-state index >= 15 is 0 Å². The van der Waals surface area contributed by atoms with Crippen molar-refractivity contribution in [2.45, 2.75) is 72.7 Å². The lowest BCUT2D eigenvalue weighted by Gasteiger charge is -2.38. The molecule has 1 amide bonds. The van der Waals surface area contributed by atoms with E-state index in [9.17, 15) is 9.59 Å². The second kappa shape index (κ2) is 11.1. The Morgan fingerprint density at radius 1 is 1.07 bits per heavy atom. The predicted octanol–water partition coefficient (Wildman–Crippen LogP) is 6.80. The number of aromatic nitrogens is 4. The van der Waals surface area contributed by atoms with Crippen LogP contribution in [0.15, 0.2) is 46.3 Å². The molecule has 0 aliphatic carbocycles. The summed E-state index contributed by atoms with van der Waals surface area (Å²) in [5.74, 6) is -0.228. The number of hydrogen-bond acceptors (Lipinski definition) is 9. The lowest BCUT2D eigenvalue weighted by molar-refractivity contribution is -0.123. The minimum atomic E-state index is -2.08. The van der Waals surface area contributed by atoms with Crippen LogP contribution in [0.1, 0.15) is 59.4 Å². The number of carbonyl (C=O) groups is 1. The Balaban J connectivity index is 1.80. The summed E-state index contributed by atoms with van der Waals surface area (Å²) >= 11 is 3.06. The maximum absolute atomic E-state index is 13.0. The maximum Gasteiger partial charge on any atom is 0.280 e. The molecule has 0 fully saturated rings. The van der Waals surface area contributed by atoms with Crippen LogP contribution in [0.3, 0.4) is 0 Å². The molecule has 12 heteroatoms. The van der Waals surface area contributed by atoms with Crippen LogP contribution in [-0.4, -0.2) is 34.2 Å². The van der Waals surface area contributed by atoms with Crippen LogP contribution in [-0.2, 0) is 9.22 Å². The van der Waals surface area contributed by atoms with Crippen molar-refractivity contribution in [3.8, 4) is 10.6 Å². The lowest BCUT2D eigenvalue weighted by atomic mass is 9.96. The third-order valence-electron chi connectivity index (χ3n) is 6.80. The number of aromatic amines is 1. The monoisotopic (exact) mass is 596 g/mol. The Hall–Kier alpha value is -3.06. The number of para-hydroxylation sites is 1. The Bertz CT molecular complexity index is 1660. The second-order valence-corrected chi connectivity index (χ2v) is 19.2. The molecule has 0 saturated carbocycles. The SMILES string of the molecule is CC(O[Si](C)(C)C(C)(C)C)c1sc(=Nc2ccccc2)sc1-c1cnc2nc(NC(=O)C(C)(C)C)[nH]c(=O)c2n1. The summed E-state index contributed by atoms with van der Waals surface area (Å²) in [6.07, 6.45) is 1.40. The van der Waals surface area contributed by atoms with Crippen LogP contribution in [0.2, 0.25) is 18.1 Å². The van der Waals surface area contributed by atoms with Crippen molar-refractivity contribution in [2.24, 2.45) is 10.4 Å². The van der Waals surface area contributed by atoms with Gasteiger partial charge >= 0.3 is 0 Å². The third-order valence-corrected chi connectivity index (χ3v) is 13.9. The number of H-pyrrole nitrogens is 1. The Morgan fingerprint density at radius 2 is 1.75 bits per heavy atom. The fraction of sp³-hybridized carbons (Fsp3) is 0.429. The normalized spacial score (nSPS) is 14.0. The van der Waals surface area contributed by atoms with E-state index < -0.39 is 19.3 Å². The van der Waals surface area contributed by atoms with E-state index in [1.54, 1.807) is 38.3 Å². The standard InChI is InChI=1S/C28H36N6O3S2Si/c1-16(37-40(8,9)28(5,6)7)20-21(39-26(38-20)30-17-13-11-10-12-14-17)18-15-29-22-19(31-18)23(35)33-25(32-22)34-24(36)27(2,3)4/h10-16H,1-9H3,(H2,29,32,33,34,35,36). The molecule has 0 radical (unpaired) electrons. The minimum absolute atomic E-state index is 0.0406. The molecule has 4 aromatic rings. The van der Waals surface area contributed by atoms with Gasteiger partial charge in [-0.05, 0) is 37.2 Å². The van der Waals surface area contributed by atoms with Gasteiger partial charge in [0, 0.05) is 5.41 Å². The largest absolute Gasteiger partial charge is 0.409 e. The average molecular weight is 597 g/mol. The zero-order chi connectivity index (χ0) is 29.5. The van der Waals surface area contributed by atoms with Crippen LogP contribution < -0.4 is 14.9 Å². The molecule has 1 atom stereocenters. The van der Waals surface area contributed by atoms with Crippen LogP contribution in [0.5, 0.6) is 0 Å². The number of amides is 1. The van der Waals surface area contributed by atoms with Gasteiger partial charge < -0.3 is 4.43 Å². The minimum Gasteiger partial charge on any atom is -0.409 e. The van der Waals surface area contributed by atoms with E-state index in [1.165, 1.54) is 11.3 Å². The Kier molecular flexibility index (Phi) is 8.28. The van der Waals surface area contributed by atoms with E-state index in [-0.39, 0.29) is 34.2 Å². The highest BCUT2D eigenvalue weighted by Gasteiger charge is 2.39. The zero-order valence-corrected chi connectivity index (χ0v) is 27.0. The van der Waals surface area contributed by atoms with Crippen molar-refractivity contribution in [3.63, 3.8) is 0 Å². The first-order valence-electron chi connectivity index (χ1n) is 13.1. The van der Waals surface area contributed by atoms with Gasteiger partial charge in [-0.1, -0.05) is 59.7 Å². The van der Waals surface area contributed by atoms with E-state index in [0.29, 0.717) is 5.69 Å². The van der Waals surface area contributed by atoms with Gasteiger partial charge in [-0.15, -0.1) is 22.7 Å². The van der Waals surface area contributed by atoms with Gasteiger partial charge in [0.05, 0.1) is 27.7 Å². The first-order chi connectivity index (χ1) is 18.5. The number of nitrogens with zero attached hydrogens (tertiary/aromatic N) is 4. The Morgan fingerprint density at radius 3 is 2.38 bits per heavy atom. The van der Waals surface area contributed by atoms with Crippen LogP contribution >= 0.6 is 22.7 Å². The summed E-state index contributed by atoms with van der Waals surface area (Å²) in [7, 11) is -2.08. The van der Waals surface area contributed by atoms with Crippen LogP contribution in [0, 0.1) is 5.41 Å². The molecule has 0 saturated heterocycles. The fourth-order valence-corrected chi connectivity index (χ4v) is 7.37. The predicted molar refractivity (Wildman–Crippen MR) is 166 cm³/mol. The number of benzene rings is 1.